The van der Waals surface area contributed by atoms with Crippen LogP contribution in [0.5, 0.6) is 0 Å². The van der Waals surface area contributed by atoms with Crippen molar-refractivity contribution in [3.8, 4) is 0 Å². The van der Waals surface area contributed by atoms with Crippen LogP contribution in [0.2, 0.25) is 0 Å². The van der Waals surface area contributed by atoms with Gasteiger partial charge in [0.25, 0.3) is 0 Å². The zero-order valence-electron chi connectivity index (χ0n) is 11.2. The van der Waals surface area contributed by atoms with Gasteiger partial charge in [-0.15, -0.1) is 0 Å². The fourth-order valence-electron chi connectivity index (χ4n) is 1.81. The van der Waals surface area contributed by atoms with Gasteiger partial charge in [0.2, 0.25) is 0 Å². The number of hydrogen-bond donors (Lipinski definition) is 0. The summed E-state index contributed by atoms with van der Waals surface area (Å²) in [7, 11) is -4.31. The zero-order chi connectivity index (χ0) is 14.6. The minimum Gasteiger partial charge on any atom is -0.254 e. The van der Waals surface area contributed by atoms with Gasteiger partial charge in [0.15, 0.2) is 9.84 Å². The third kappa shape index (κ3) is 4.02. The summed E-state index contributed by atoms with van der Waals surface area (Å²) < 4.78 is 34.8. The molecule has 1 atom stereocenters. The summed E-state index contributed by atoms with van der Waals surface area (Å²) in [5.41, 5.74) is 1.15. The van der Waals surface area contributed by atoms with Gasteiger partial charge < -0.3 is 0 Å². The molecule has 0 saturated carbocycles. The first-order valence-corrected chi connectivity index (χ1v) is 9.40. The van der Waals surface area contributed by atoms with Crippen molar-refractivity contribution in [1.82, 2.24) is 0 Å². The highest BCUT2D eigenvalue weighted by atomic mass is 32.2. The predicted octanol–water partition coefficient (Wildman–Crippen LogP) is 2.44. The summed E-state index contributed by atoms with van der Waals surface area (Å²) >= 11 is 0. The van der Waals surface area contributed by atoms with Gasteiger partial charge in [0.05, 0.1) is 15.7 Å². The van der Waals surface area contributed by atoms with E-state index < -0.39 is 20.6 Å². The quantitative estimate of drug-likeness (QED) is 0.852. The van der Waals surface area contributed by atoms with Gasteiger partial charge in [-0.25, -0.2) is 8.42 Å². The average Bonchev–Trinajstić information content (AvgIpc) is 2.45. The molecule has 3 nitrogen and oxygen atoms in total. The molecular weight excluding hydrogens is 292 g/mol. The van der Waals surface area contributed by atoms with Crippen LogP contribution in [0.4, 0.5) is 0 Å². The third-order valence-corrected chi connectivity index (χ3v) is 5.44. The first kappa shape index (κ1) is 14.9. The van der Waals surface area contributed by atoms with Crippen molar-refractivity contribution in [2.24, 2.45) is 0 Å². The summed E-state index contributed by atoms with van der Waals surface area (Å²) in [5.74, 6) is 0.530. The van der Waals surface area contributed by atoms with Crippen LogP contribution in [0.25, 0.3) is 0 Å². The summed E-state index contributed by atoms with van der Waals surface area (Å²) in [6.07, 6.45) is 1.90. The third-order valence-electron chi connectivity index (χ3n) is 2.93. The molecular formula is C15H16O3S2. The van der Waals surface area contributed by atoms with Crippen molar-refractivity contribution in [3.63, 3.8) is 0 Å². The van der Waals surface area contributed by atoms with Gasteiger partial charge in [-0.3, -0.25) is 4.21 Å². The van der Waals surface area contributed by atoms with Gasteiger partial charge in [0, 0.05) is 16.9 Å². The molecule has 2 aromatic carbocycles. The summed E-state index contributed by atoms with van der Waals surface area (Å²) in [5, 5.41) is 0. The number of hydrogen-bond acceptors (Lipinski definition) is 3. The predicted molar refractivity (Wildman–Crippen MR) is 81.0 cm³/mol. The molecule has 2 rings (SSSR count). The van der Waals surface area contributed by atoms with Crippen LogP contribution in [0.3, 0.4) is 0 Å². The first-order valence-electron chi connectivity index (χ1n) is 6.19. The Kier molecular flexibility index (Phi) is 4.73. The fraction of sp³-hybridized carbons (Fsp3) is 0.200. The Hall–Kier alpha value is -1.46. The van der Waals surface area contributed by atoms with Gasteiger partial charge in [0.1, 0.15) is 0 Å². The molecule has 0 fully saturated rings. The Balaban J connectivity index is 2.03. The lowest BCUT2D eigenvalue weighted by Crippen LogP contribution is -2.03. The highest BCUT2D eigenvalue weighted by molar-refractivity contribution is 7.90. The van der Waals surface area contributed by atoms with Crippen molar-refractivity contribution in [1.29, 1.82) is 0 Å². The van der Waals surface area contributed by atoms with Crippen molar-refractivity contribution in [2.45, 2.75) is 16.2 Å². The lowest BCUT2D eigenvalue weighted by Gasteiger charge is -2.04. The van der Waals surface area contributed by atoms with Crippen LogP contribution in [0, 0.1) is 0 Å². The van der Waals surface area contributed by atoms with Crippen LogP contribution in [0.15, 0.2) is 64.4 Å². The Labute approximate surface area is 122 Å². The molecule has 0 amide bonds. The first-order chi connectivity index (χ1) is 9.47. The van der Waals surface area contributed by atoms with E-state index in [-0.39, 0.29) is 4.90 Å². The molecule has 0 heterocycles. The monoisotopic (exact) mass is 308 g/mol. The summed E-state index contributed by atoms with van der Waals surface area (Å²) in [6, 6.07) is 16.1. The SMILES string of the molecule is CS(=O)(=O)c1ccc(S(=O)CCc2ccccc2)cc1. The van der Waals surface area contributed by atoms with Crippen molar-refractivity contribution in [3.05, 3.63) is 60.2 Å². The van der Waals surface area contributed by atoms with Crippen molar-refractivity contribution < 1.29 is 12.6 Å². The standard InChI is InChI=1S/C15H16O3S2/c1-20(17,18)15-9-7-14(8-10-15)19(16)12-11-13-5-3-2-4-6-13/h2-10H,11-12H2,1H3. The van der Waals surface area contributed by atoms with E-state index in [0.29, 0.717) is 10.6 Å². The average molecular weight is 308 g/mol. The molecule has 106 valence electrons. The Bertz CT molecular complexity index is 690. The molecule has 0 aliphatic heterocycles. The van der Waals surface area contributed by atoms with Gasteiger partial charge in [-0.2, -0.15) is 0 Å². The fourth-order valence-corrected chi connectivity index (χ4v) is 3.54. The second-order valence-corrected chi connectivity index (χ2v) is 8.12. The van der Waals surface area contributed by atoms with E-state index in [4.69, 9.17) is 0 Å². The molecule has 0 aliphatic rings. The second-order valence-electron chi connectivity index (χ2n) is 4.53. The van der Waals surface area contributed by atoms with Crippen LogP contribution in [-0.4, -0.2) is 24.6 Å². The lowest BCUT2D eigenvalue weighted by atomic mass is 10.2. The molecule has 0 N–H and O–H groups in total. The summed E-state index contributed by atoms with van der Waals surface area (Å²) in [6.45, 7) is 0. The maximum atomic E-state index is 12.1. The molecule has 1 unspecified atom stereocenters. The highest BCUT2D eigenvalue weighted by Crippen LogP contribution is 2.14. The topological polar surface area (TPSA) is 51.2 Å². The van der Waals surface area contributed by atoms with E-state index in [1.165, 1.54) is 12.1 Å². The van der Waals surface area contributed by atoms with E-state index in [1.54, 1.807) is 12.1 Å². The second kappa shape index (κ2) is 6.33. The van der Waals surface area contributed by atoms with Gasteiger partial charge in [-0.05, 0) is 36.2 Å². The molecule has 0 aliphatic carbocycles. The lowest BCUT2D eigenvalue weighted by molar-refractivity contribution is 0.601. The molecule has 5 heteroatoms. The molecule has 2 aromatic rings. The smallest absolute Gasteiger partial charge is 0.175 e. The van der Waals surface area contributed by atoms with E-state index >= 15 is 0 Å². The number of rotatable bonds is 5. The number of sulfone groups is 1. The van der Waals surface area contributed by atoms with E-state index in [2.05, 4.69) is 0 Å². The Morgan fingerprint density at radius 2 is 1.55 bits per heavy atom. The van der Waals surface area contributed by atoms with Crippen LogP contribution in [0.1, 0.15) is 5.56 Å². The highest BCUT2D eigenvalue weighted by Gasteiger charge is 2.09. The largest absolute Gasteiger partial charge is 0.254 e. The molecule has 0 spiro atoms. The molecule has 0 radical (unpaired) electrons. The van der Waals surface area contributed by atoms with Crippen molar-refractivity contribution in [2.75, 3.05) is 12.0 Å². The molecule has 0 aromatic heterocycles. The maximum absolute atomic E-state index is 12.1. The van der Waals surface area contributed by atoms with E-state index in [9.17, 15) is 12.6 Å². The normalized spacial score (nSPS) is 13.1. The molecule has 0 saturated heterocycles. The van der Waals surface area contributed by atoms with Crippen LogP contribution < -0.4 is 0 Å². The molecule has 20 heavy (non-hydrogen) atoms. The van der Waals surface area contributed by atoms with Gasteiger partial charge in [-0.1, -0.05) is 30.3 Å². The summed E-state index contributed by atoms with van der Waals surface area (Å²) in [4.78, 5) is 0.912. The van der Waals surface area contributed by atoms with E-state index in [1.807, 2.05) is 30.3 Å². The Morgan fingerprint density at radius 3 is 2.10 bits per heavy atom. The van der Waals surface area contributed by atoms with Gasteiger partial charge >= 0.3 is 0 Å². The Morgan fingerprint density at radius 1 is 0.950 bits per heavy atom. The maximum Gasteiger partial charge on any atom is 0.175 e. The van der Waals surface area contributed by atoms with Crippen LogP contribution in [-0.2, 0) is 27.1 Å². The minimum atomic E-state index is -3.20. The van der Waals surface area contributed by atoms with E-state index in [0.717, 1.165) is 18.2 Å². The number of aryl methyl sites for hydroxylation is 1. The van der Waals surface area contributed by atoms with Crippen LogP contribution >= 0.6 is 0 Å². The van der Waals surface area contributed by atoms with Crippen molar-refractivity contribution >= 4 is 20.6 Å². The molecule has 0 bridgehead atoms. The number of benzene rings is 2. The minimum absolute atomic E-state index is 0.251. The zero-order valence-corrected chi connectivity index (χ0v) is 12.8.